The van der Waals surface area contributed by atoms with Crippen molar-refractivity contribution in [3.05, 3.63) is 70.0 Å². The van der Waals surface area contributed by atoms with Gasteiger partial charge in [0.25, 0.3) is 0 Å². The zero-order valence-corrected chi connectivity index (χ0v) is 24.3. The Morgan fingerprint density at radius 1 is 1.00 bits per heavy atom. The largest absolute Gasteiger partial charge is 0.508 e. The predicted octanol–water partition coefficient (Wildman–Crippen LogP) is 7.04. The summed E-state index contributed by atoms with van der Waals surface area (Å²) in [5.74, 6) is -0.228. The Morgan fingerprint density at radius 3 is 2.16 bits per heavy atom. The van der Waals surface area contributed by atoms with Crippen LogP contribution in [0.1, 0.15) is 75.1 Å². The SMILES string of the molecule is Cc1cc(N(C)C)cc(C)c1NC(=NCCCCCCCc1ccc(C(C)(C)C)cc1)C1=C(O)COC1=O. The highest BCUT2D eigenvalue weighted by atomic mass is 16.5. The number of aliphatic hydroxyl groups is 1. The van der Waals surface area contributed by atoms with Crippen LogP contribution < -0.4 is 10.2 Å². The maximum atomic E-state index is 12.4. The van der Waals surface area contributed by atoms with Gasteiger partial charge in [0.05, 0.1) is 0 Å². The van der Waals surface area contributed by atoms with E-state index in [-0.39, 0.29) is 23.4 Å². The smallest absolute Gasteiger partial charge is 0.345 e. The van der Waals surface area contributed by atoms with E-state index in [0.29, 0.717) is 12.4 Å². The molecular formula is C32H45N3O3. The van der Waals surface area contributed by atoms with Gasteiger partial charge in [0, 0.05) is 32.0 Å². The second-order valence-electron chi connectivity index (χ2n) is 11.6. The molecule has 2 aromatic carbocycles. The Kier molecular flexibility index (Phi) is 10.0. The van der Waals surface area contributed by atoms with Crippen LogP contribution in [0.15, 0.2) is 52.7 Å². The average molecular weight is 520 g/mol. The van der Waals surface area contributed by atoms with Gasteiger partial charge in [-0.25, -0.2) is 4.79 Å². The minimum Gasteiger partial charge on any atom is -0.508 e. The van der Waals surface area contributed by atoms with Gasteiger partial charge in [-0.1, -0.05) is 64.3 Å². The number of aliphatic hydroxyl groups excluding tert-OH is 1. The van der Waals surface area contributed by atoms with Crippen molar-refractivity contribution in [2.75, 3.05) is 37.5 Å². The molecule has 0 spiro atoms. The van der Waals surface area contributed by atoms with Crippen molar-refractivity contribution in [2.24, 2.45) is 4.99 Å². The molecule has 0 fully saturated rings. The fourth-order valence-electron chi connectivity index (χ4n) is 4.66. The molecule has 3 rings (SSSR count). The van der Waals surface area contributed by atoms with Crippen LogP contribution >= 0.6 is 0 Å². The average Bonchev–Trinajstić information content (AvgIpc) is 3.19. The Bertz CT molecular complexity index is 1150. The molecule has 0 saturated heterocycles. The molecule has 0 aromatic heterocycles. The van der Waals surface area contributed by atoms with E-state index in [0.717, 1.165) is 48.2 Å². The van der Waals surface area contributed by atoms with E-state index in [1.165, 1.54) is 24.0 Å². The van der Waals surface area contributed by atoms with Crippen molar-refractivity contribution in [2.45, 2.75) is 78.6 Å². The number of hydrogen-bond donors (Lipinski definition) is 2. The predicted molar refractivity (Wildman–Crippen MR) is 159 cm³/mol. The normalized spacial score (nSPS) is 14.2. The maximum absolute atomic E-state index is 12.4. The van der Waals surface area contributed by atoms with Crippen molar-refractivity contribution >= 4 is 23.2 Å². The number of carbonyl (C=O) groups excluding carboxylic acids is 1. The molecule has 0 radical (unpaired) electrons. The zero-order valence-electron chi connectivity index (χ0n) is 24.3. The molecule has 0 amide bonds. The zero-order chi connectivity index (χ0) is 27.9. The molecule has 0 saturated carbocycles. The highest BCUT2D eigenvalue weighted by molar-refractivity contribution is 6.25. The molecule has 0 bridgehead atoms. The summed E-state index contributed by atoms with van der Waals surface area (Å²) in [7, 11) is 4.02. The Balaban J connectivity index is 1.54. The van der Waals surface area contributed by atoms with Crippen LogP contribution in [0, 0.1) is 13.8 Å². The number of amidine groups is 1. The Morgan fingerprint density at radius 2 is 1.61 bits per heavy atom. The van der Waals surface area contributed by atoms with Gasteiger partial charge in [0.15, 0.2) is 0 Å². The first-order valence-corrected chi connectivity index (χ1v) is 13.8. The number of nitrogens with zero attached hydrogens (tertiary/aromatic N) is 2. The second kappa shape index (κ2) is 13.0. The summed E-state index contributed by atoms with van der Waals surface area (Å²) < 4.78 is 5.05. The van der Waals surface area contributed by atoms with Crippen LogP contribution in [-0.4, -0.2) is 44.2 Å². The lowest BCUT2D eigenvalue weighted by Crippen LogP contribution is -2.22. The lowest BCUT2D eigenvalue weighted by atomic mass is 9.86. The van der Waals surface area contributed by atoms with E-state index in [1.54, 1.807) is 0 Å². The summed E-state index contributed by atoms with van der Waals surface area (Å²) >= 11 is 0. The van der Waals surface area contributed by atoms with E-state index in [2.05, 4.69) is 67.4 Å². The quantitative estimate of drug-likeness (QED) is 0.144. The van der Waals surface area contributed by atoms with Gasteiger partial charge in [-0.3, -0.25) is 4.99 Å². The van der Waals surface area contributed by atoms with Crippen LogP contribution in [0.5, 0.6) is 0 Å². The number of unbranched alkanes of at least 4 members (excludes halogenated alkanes) is 4. The molecule has 2 aromatic rings. The van der Waals surface area contributed by atoms with Gasteiger partial charge in [0.1, 0.15) is 23.8 Å². The number of hydrogen-bond acceptors (Lipinski definition) is 5. The van der Waals surface area contributed by atoms with Gasteiger partial charge in [-0.05, 0) is 72.9 Å². The molecule has 0 atom stereocenters. The second-order valence-corrected chi connectivity index (χ2v) is 11.6. The Hall–Kier alpha value is -3.28. The Labute approximate surface area is 228 Å². The third kappa shape index (κ3) is 7.86. The molecule has 1 aliphatic rings. The fourth-order valence-corrected chi connectivity index (χ4v) is 4.66. The number of nitrogens with one attached hydrogen (secondary N) is 1. The molecular weight excluding hydrogens is 474 g/mol. The van der Waals surface area contributed by atoms with Crippen LogP contribution in [-0.2, 0) is 21.4 Å². The first-order chi connectivity index (χ1) is 18.0. The number of ether oxygens (including phenoxy) is 1. The lowest BCUT2D eigenvalue weighted by Gasteiger charge is -2.19. The van der Waals surface area contributed by atoms with E-state index in [4.69, 9.17) is 9.73 Å². The summed E-state index contributed by atoms with van der Waals surface area (Å²) in [6, 6.07) is 13.2. The van der Waals surface area contributed by atoms with Crippen molar-refractivity contribution in [3.8, 4) is 0 Å². The molecule has 0 unspecified atom stereocenters. The number of aryl methyl sites for hydroxylation is 3. The number of rotatable bonds is 11. The monoisotopic (exact) mass is 519 g/mol. The number of carbonyl (C=O) groups is 1. The summed E-state index contributed by atoms with van der Waals surface area (Å²) in [6.07, 6.45) is 6.62. The number of aliphatic imine (C=N–C) groups is 1. The van der Waals surface area contributed by atoms with Crippen molar-refractivity contribution in [3.63, 3.8) is 0 Å². The molecule has 0 aliphatic carbocycles. The van der Waals surface area contributed by atoms with Gasteiger partial charge in [0.2, 0.25) is 0 Å². The standard InChI is InChI=1S/C32H45N3O3/c1-22-19-26(35(6)7)20-23(2)29(22)34-30(28-27(36)21-38-31(28)37)33-18-12-10-8-9-11-13-24-14-16-25(17-15-24)32(3,4)5/h14-17,19-20,36H,8-13,18,21H2,1-7H3,(H,33,34). The summed E-state index contributed by atoms with van der Waals surface area (Å²) in [4.78, 5) is 19.1. The molecule has 1 heterocycles. The lowest BCUT2D eigenvalue weighted by molar-refractivity contribution is -0.135. The maximum Gasteiger partial charge on any atom is 0.345 e. The minimum absolute atomic E-state index is 0.0722. The highest BCUT2D eigenvalue weighted by Gasteiger charge is 2.30. The fraction of sp³-hybridized carbons (Fsp3) is 0.500. The van der Waals surface area contributed by atoms with Crippen LogP contribution in [0.4, 0.5) is 11.4 Å². The van der Waals surface area contributed by atoms with Crippen LogP contribution in [0.25, 0.3) is 0 Å². The summed E-state index contributed by atoms with van der Waals surface area (Å²) in [6.45, 7) is 11.3. The van der Waals surface area contributed by atoms with E-state index >= 15 is 0 Å². The van der Waals surface area contributed by atoms with Gasteiger partial charge in [-0.15, -0.1) is 0 Å². The van der Waals surface area contributed by atoms with Crippen molar-refractivity contribution in [1.29, 1.82) is 0 Å². The van der Waals surface area contributed by atoms with Crippen molar-refractivity contribution in [1.82, 2.24) is 0 Å². The molecule has 6 nitrogen and oxygen atoms in total. The minimum atomic E-state index is -0.537. The summed E-state index contributed by atoms with van der Waals surface area (Å²) in [5, 5.41) is 13.7. The van der Waals surface area contributed by atoms with Crippen LogP contribution in [0.3, 0.4) is 0 Å². The molecule has 6 heteroatoms. The topological polar surface area (TPSA) is 74.2 Å². The first-order valence-electron chi connectivity index (χ1n) is 13.8. The van der Waals surface area contributed by atoms with Gasteiger partial charge >= 0.3 is 5.97 Å². The molecule has 206 valence electrons. The summed E-state index contributed by atoms with van der Waals surface area (Å²) in [5.41, 5.74) is 7.19. The van der Waals surface area contributed by atoms with E-state index in [9.17, 15) is 9.90 Å². The van der Waals surface area contributed by atoms with Crippen molar-refractivity contribution < 1.29 is 14.6 Å². The number of esters is 1. The van der Waals surface area contributed by atoms with Crippen LogP contribution in [0.2, 0.25) is 0 Å². The van der Waals surface area contributed by atoms with E-state index in [1.807, 2.05) is 27.9 Å². The molecule has 2 N–H and O–H groups in total. The highest BCUT2D eigenvalue weighted by Crippen LogP contribution is 2.28. The number of cyclic esters (lactones) is 1. The third-order valence-electron chi connectivity index (χ3n) is 7.06. The number of benzene rings is 2. The van der Waals surface area contributed by atoms with Gasteiger partial charge < -0.3 is 20.1 Å². The van der Waals surface area contributed by atoms with E-state index < -0.39 is 5.97 Å². The first kappa shape index (κ1) is 29.3. The molecule has 38 heavy (non-hydrogen) atoms. The third-order valence-corrected chi connectivity index (χ3v) is 7.06. The molecule has 1 aliphatic heterocycles. The number of anilines is 2. The van der Waals surface area contributed by atoms with Gasteiger partial charge in [-0.2, -0.15) is 0 Å².